The molecule has 0 spiro atoms. The average molecular weight is 287 g/mol. The first-order valence-electron chi connectivity index (χ1n) is 7.61. The smallest absolute Gasteiger partial charge is 0.232 e. The Hall–Kier alpha value is -1.75. The van der Waals surface area contributed by atoms with E-state index in [1.54, 1.807) is 0 Å². The molecule has 0 bridgehead atoms. The van der Waals surface area contributed by atoms with Crippen molar-refractivity contribution in [2.75, 3.05) is 0 Å². The highest BCUT2D eigenvalue weighted by Gasteiger charge is 2.28. The molecular weight excluding hydrogens is 266 g/mol. The number of aromatic nitrogens is 3. The monoisotopic (exact) mass is 287 g/mol. The summed E-state index contributed by atoms with van der Waals surface area (Å²) in [6.07, 6.45) is 4.69. The summed E-state index contributed by atoms with van der Waals surface area (Å²) in [4.78, 5) is 8.87. The number of aliphatic hydroxyl groups is 1. The normalized spacial score (nSPS) is 23.0. The number of aryl methyl sites for hydroxylation is 2. The van der Waals surface area contributed by atoms with Gasteiger partial charge in [0.15, 0.2) is 0 Å². The van der Waals surface area contributed by atoms with Gasteiger partial charge in [-0.25, -0.2) is 0 Å². The predicted molar refractivity (Wildman–Crippen MR) is 78.8 cm³/mol. The van der Waals surface area contributed by atoms with Gasteiger partial charge in [0, 0.05) is 17.0 Å². The lowest BCUT2D eigenvalue weighted by Crippen LogP contribution is -2.17. The van der Waals surface area contributed by atoms with E-state index in [1.807, 2.05) is 26.0 Å². The summed E-state index contributed by atoms with van der Waals surface area (Å²) in [6.45, 7) is 3.90. The lowest BCUT2D eigenvalue weighted by Gasteiger charge is -2.15. The fourth-order valence-corrected chi connectivity index (χ4v) is 3.04. The van der Waals surface area contributed by atoms with Gasteiger partial charge in [-0.3, -0.25) is 4.98 Å². The third-order valence-corrected chi connectivity index (χ3v) is 4.08. The van der Waals surface area contributed by atoms with Crippen LogP contribution in [0.25, 0.3) is 11.4 Å². The summed E-state index contributed by atoms with van der Waals surface area (Å²) in [5.41, 5.74) is 2.79. The van der Waals surface area contributed by atoms with Crippen LogP contribution < -0.4 is 0 Å². The Labute approximate surface area is 124 Å². The molecule has 21 heavy (non-hydrogen) atoms. The molecule has 2 unspecified atom stereocenters. The van der Waals surface area contributed by atoms with Gasteiger partial charge in [-0.1, -0.05) is 24.4 Å². The Morgan fingerprint density at radius 3 is 2.52 bits per heavy atom. The Morgan fingerprint density at radius 2 is 1.76 bits per heavy atom. The van der Waals surface area contributed by atoms with E-state index in [-0.39, 0.29) is 12.0 Å². The van der Waals surface area contributed by atoms with E-state index in [1.165, 1.54) is 0 Å². The summed E-state index contributed by atoms with van der Waals surface area (Å²) in [5, 5.41) is 14.3. The Balaban J connectivity index is 1.88. The summed E-state index contributed by atoms with van der Waals surface area (Å²) < 4.78 is 5.42. The molecular formula is C16H21N3O2. The number of rotatable bonds is 2. The first-order valence-corrected chi connectivity index (χ1v) is 7.61. The van der Waals surface area contributed by atoms with E-state index in [2.05, 4.69) is 15.1 Å². The average Bonchev–Trinajstić information content (AvgIpc) is 2.81. The van der Waals surface area contributed by atoms with Gasteiger partial charge < -0.3 is 9.63 Å². The maximum absolute atomic E-state index is 10.2. The largest absolute Gasteiger partial charge is 0.392 e. The van der Waals surface area contributed by atoms with Crippen LogP contribution in [0.1, 0.15) is 55.3 Å². The van der Waals surface area contributed by atoms with Crippen LogP contribution in [0.15, 0.2) is 16.7 Å². The molecule has 1 saturated carbocycles. The van der Waals surface area contributed by atoms with E-state index in [4.69, 9.17) is 4.52 Å². The molecule has 5 heteroatoms. The third-order valence-electron chi connectivity index (χ3n) is 4.08. The molecule has 0 aromatic carbocycles. The van der Waals surface area contributed by atoms with Crippen molar-refractivity contribution in [3.05, 3.63) is 29.4 Å². The highest BCUT2D eigenvalue weighted by molar-refractivity contribution is 5.55. The fraction of sp³-hybridized carbons (Fsp3) is 0.562. The van der Waals surface area contributed by atoms with Crippen molar-refractivity contribution in [3.8, 4) is 11.4 Å². The van der Waals surface area contributed by atoms with Gasteiger partial charge >= 0.3 is 0 Å². The number of pyridine rings is 1. The van der Waals surface area contributed by atoms with Crippen LogP contribution >= 0.6 is 0 Å². The van der Waals surface area contributed by atoms with E-state index in [0.29, 0.717) is 11.7 Å². The second-order valence-electron chi connectivity index (χ2n) is 5.91. The molecule has 2 aromatic heterocycles. The minimum atomic E-state index is -0.373. The van der Waals surface area contributed by atoms with Gasteiger partial charge in [0.25, 0.3) is 0 Å². The summed E-state index contributed by atoms with van der Waals surface area (Å²) in [7, 11) is 0. The van der Waals surface area contributed by atoms with Crippen LogP contribution in [0, 0.1) is 13.8 Å². The van der Waals surface area contributed by atoms with Gasteiger partial charge in [-0.15, -0.1) is 0 Å². The second kappa shape index (κ2) is 5.93. The topological polar surface area (TPSA) is 72.0 Å². The highest BCUT2D eigenvalue weighted by atomic mass is 16.5. The molecule has 3 rings (SSSR count). The summed E-state index contributed by atoms with van der Waals surface area (Å²) in [5.74, 6) is 1.11. The lowest BCUT2D eigenvalue weighted by molar-refractivity contribution is 0.119. The minimum absolute atomic E-state index is 0.0298. The number of nitrogens with zero attached hydrogens (tertiary/aromatic N) is 3. The predicted octanol–water partition coefficient (Wildman–Crippen LogP) is 3.16. The molecule has 1 aliphatic rings. The zero-order valence-electron chi connectivity index (χ0n) is 12.5. The van der Waals surface area contributed by atoms with Crippen LogP contribution in [-0.4, -0.2) is 26.3 Å². The molecule has 0 amide bonds. The molecule has 0 aliphatic heterocycles. The number of aliphatic hydroxyl groups excluding tert-OH is 1. The van der Waals surface area contributed by atoms with Gasteiger partial charge in [0.05, 0.1) is 12.0 Å². The first-order chi connectivity index (χ1) is 10.1. The van der Waals surface area contributed by atoms with Crippen molar-refractivity contribution < 1.29 is 9.63 Å². The van der Waals surface area contributed by atoms with E-state index < -0.39 is 0 Å². The molecule has 2 aromatic rings. The van der Waals surface area contributed by atoms with Crippen LogP contribution in [0.2, 0.25) is 0 Å². The van der Waals surface area contributed by atoms with Crippen molar-refractivity contribution in [1.29, 1.82) is 0 Å². The fourth-order valence-electron chi connectivity index (χ4n) is 3.04. The summed E-state index contributed by atoms with van der Waals surface area (Å²) >= 11 is 0. The Kier molecular flexibility index (Phi) is 4.01. The van der Waals surface area contributed by atoms with Gasteiger partial charge in [-0.05, 0) is 38.8 Å². The zero-order valence-corrected chi connectivity index (χ0v) is 12.5. The van der Waals surface area contributed by atoms with Crippen molar-refractivity contribution >= 4 is 0 Å². The minimum Gasteiger partial charge on any atom is -0.392 e. The van der Waals surface area contributed by atoms with Crippen LogP contribution in [-0.2, 0) is 0 Å². The van der Waals surface area contributed by atoms with Gasteiger partial charge in [-0.2, -0.15) is 4.98 Å². The molecule has 2 heterocycles. The van der Waals surface area contributed by atoms with Crippen LogP contribution in [0.3, 0.4) is 0 Å². The quantitative estimate of drug-likeness (QED) is 0.859. The highest BCUT2D eigenvalue weighted by Crippen LogP contribution is 2.32. The van der Waals surface area contributed by atoms with Gasteiger partial charge in [0.2, 0.25) is 11.7 Å². The molecule has 0 saturated heterocycles. The number of hydrogen-bond donors (Lipinski definition) is 1. The zero-order chi connectivity index (χ0) is 14.8. The molecule has 1 fully saturated rings. The first kappa shape index (κ1) is 14.2. The molecule has 112 valence electrons. The molecule has 2 atom stereocenters. The maximum Gasteiger partial charge on any atom is 0.232 e. The third kappa shape index (κ3) is 3.13. The van der Waals surface area contributed by atoms with Crippen molar-refractivity contribution in [3.63, 3.8) is 0 Å². The standard InChI is InChI=1S/C16H21N3O2/c1-10-8-12(9-11(2)17-10)15-18-16(21-19-15)13-6-4-3-5-7-14(13)20/h8-9,13-14,20H,3-7H2,1-2H3. The summed E-state index contributed by atoms with van der Waals surface area (Å²) in [6, 6.07) is 3.90. The number of hydrogen-bond acceptors (Lipinski definition) is 5. The molecule has 5 nitrogen and oxygen atoms in total. The second-order valence-corrected chi connectivity index (χ2v) is 5.91. The van der Waals surface area contributed by atoms with E-state index in [9.17, 15) is 5.11 Å². The van der Waals surface area contributed by atoms with Crippen LogP contribution in [0.5, 0.6) is 0 Å². The molecule has 1 aliphatic carbocycles. The van der Waals surface area contributed by atoms with Gasteiger partial charge in [0.1, 0.15) is 0 Å². The molecule has 0 radical (unpaired) electrons. The Bertz CT molecular complexity index is 603. The SMILES string of the molecule is Cc1cc(-c2noc(C3CCCCCC3O)n2)cc(C)n1. The maximum atomic E-state index is 10.2. The van der Waals surface area contributed by atoms with E-state index >= 15 is 0 Å². The molecule has 1 N–H and O–H groups in total. The van der Waals surface area contributed by atoms with Crippen molar-refractivity contribution in [1.82, 2.24) is 15.1 Å². The van der Waals surface area contributed by atoms with Crippen molar-refractivity contribution in [2.24, 2.45) is 0 Å². The van der Waals surface area contributed by atoms with Crippen LogP contribution in [0.4, 0.5) is 0 Å². The lowest BCUT2D eigenvalue weighted by atomic mass is 9.97. The van der Waals surface area contributed by atoms with E-state index in [0.717, 1.165) is 49.1 Å². The Morgan fingerprint density at radius 1 is 1.05 bits per heavy atom. The van der Waals surface area contributed by atoms with Crippen molar-refractivity contribution in [2.45, 2.75) is 58.0 Å².